The maximum atomic E-state index is 5.90. The molecule has 2 N–H and O–H groups in total. The normalized spacial score (nSPS) is 21.4. The lowest BCUT2D eigenvalue weighted by Gasteiger charge is -2.15. The zero-order chi connectivity index (χ0) is 12.5. The summed E-state index contributed by atoms with van der Waals surface area (Å²) in [5, 5.41) is 0. The zero-order valence-corrected chi connectivity index (χ0v) is 10.6. The number of rotatable bonds is 3. The second-order valence-corrected chi connectivity index (χ2v) is 4.71. The third kappa shape index (κ3) is 1.83. The van der Waals surface area contributed by atoms with Gasteiger partial charge in [0.2, 0.25) is 0 Å². The first-order chi connectivity index (χ1) is 8.85. The maximum absolute atomic E-state index is 5.90. The third-order valence-electron chi connectivity index (χ3n) is 3.53. The molecule has 5 heteroatoms. The Morgan fingerprint density at radius 2 is 2.28 bits per heavy atom. The topological polar surface area (TPSA) is 53.7 Å². The summed E-state index contributed by atoms with van der Waals surface area (Å²) in [6, 6.07) is 4.17. The van der Waals surface area contributed by atoms with E-state index in [1.54, 1.807) is 0 Å². The molecule has 0 spiro atoms. The summed E-state index contributed by atoms with van der Waals surface area (Å²) in [7, 11) is -0.303. The van der Waals surface area contributed by atoms with Crippen LogP contribution in [0.4, 0.5) is 0 Å². The number of aryl methyl sites for hydroxylation is 1. The molecule has 0 fully saturated rings. The van der Waals surface area contributed by atoms with Crippen molar-refractivity contribution in [3.05, 3.63) is 23.3 Å². The number of ether oxygens (including phenoxy) is 1. The molecule has 0 amide bonds. The molecule has 0 saturated carbocycles. The fourth-order valence-corrected chi connectivity index (χ4v) is 2.79. The number of nitrogens with two attached hydrogens (primary N) is 1. The molecule has 0 bridgehead atoms. The number of hydrogen-bond donors (Lipinski definition) is 1. The molecule has 1 aromatic carbocycles. The van der Waals surface area contributed by atoms with Crippen molar-refractivity contribution in [2.75, 3.05) is 19.8 Å². The summed E-state index contributed by atoms with van der Waals surface area (Å²) in [6.45, 7) is 3.79. The summed E-state index contributed by atoms with van der Waals surface area (Å²) >= 11 is 0. The SMILES string of the molecule is CCCc1ccc2c3c1[C@@H](CN)OB3OCCO2. The molecule has 2 heterocycles. The molecule has 96 valence electrons. The van der Waals surface area contributed by atoms with E-state index >= 15 is 0 Å². The van der Waals surface area contributed by atoms with Crippen molar-refractivity contribution >= 4 is 12.6 Å². The summed E-state index contributed by atoms with van der Waals surface area (Å²) in [5.41, 5.74) is 9.39. The molecule has 4 nitrogen and oxygen atoms in total. The molecule has 0 saturated heterocycles. The van der Waals surface area contributed by atoms with E-state index in [0.717, 1.165) is 24.1 Å². The minimum absolute atomic E-state index is 0.0619. The van der Waals surface area contributed by atoms with E-state index in [4.69, 9.17) is 19.8 Å². The fraction of sp³-hybridized carbons (Fsp3) is 0.538. The number of hydrogen-bond acceptors (Lipinski definition) is 4. The quantitative estimate of drug-likeness (QED) is 0.801. The predicted molar refractivity (Wildman–Crippen MR) is 70.2 cm³/mol. The highest BCUT2D eigenvalue weighted by Gasteiger charge is 2.42. The van der Waals surface area contributed by atoms with Crippen LogP contribution in [-0.2, 0) is 15.7 Å². The molecule has 0 aliphatic carbocycles. The Hall–Kier alpha value is -1.04. The van der Waals surface area contributed by atoms with Gasteiger partial charge in [0, 0.05) is 12.0 Å². The van der Waals surface area contributed by atoms with Gasteiger partial charge in [-0.3, -0.25) is 0 Å². The lowest BCUT2D eigenvalue weighted by molar-refractivity contribution is 0.147. The summed E-state index contributed by atoms with van der Waals surface area (Å²) < 4.78 is 17.3. The van der Waals surface area contributed by atoms with Gasteiger partial charge >= 0.3 is 7.12 Å². The average Bonchev–Trinajstić information content (AvgIpc) is 2.64. The van der Waals surface area contributed by atoms with Gasteiger partial charge in [-0.1, -0.05) is 19.4 Å². The molecule has 0 aromatic heterocycles. The highest BCUT2D eigenvalue weighted by Crippen LogP contribution is 2.32. The van der Waals surface area contributed by atoms with Crippen molar-refractivity contribution in [2.24, 2.45) is 5.73 Å². The second kappa shape index (κ2) is 4.92. The highest BCUT2D eigenvalue weighted by atomic mass is 16.6. The summed E-state index contributed by atoms with van der Waals surface area (Å²) in [5.74, 6) is 0.892. The first-order valence-electron chi connectivity index (χ1n) is 6.60. The Labute approximate surface area is 108 Å². The standard InChI is InChI=1S/C13H18BNO3/c1-2-3-9-4-5-10-13-12(9)11(8-15)18-14(13)17-7-6-16-10/h4-5,11H,2-3,6-8,15H2,1H3/t11-/m1/s1. The Morgan fingerprint density at radius 1 is 1.39 bits per heavy atom. The van der Waals surface area contributed by atoms with Crippen LogP contribution < -0.4 is 15.9 Å². The summed E-state index contributed by atoms with van der Waals surface area (Å²) in [4.78, 5) is 0. The van der Waals surface area contributed by atoms with Crippen LogP contribution in [0, 0.1) is 0 Å². The first kappa shape index (κ1) is 12.0. The van der Waals surface area contributed by atoms with Crippen LogP contribution in [0.15, 0.2) is 12.1 Å². The minimum Gasteiger partial charge on any atom is -0.492 e. The Morgan fingerprint density at radius 3 is 3.06 bits per heavy atom. The fourth-order valence-electron chi connectivity index (χ4n) is 2.79. The van der Waals surface area contributed by atoms with Gasteiger partial charge in [-0.05, 0) is 23.6 Å². The minimum atomic E-state index is -0.303. The van der Waals surface area contributed by atoms with Crippen LogP contribution in [-0.4, -0.2) is 26.9 Å². The van der Waals surface area contributed by atoms with Gasteiger partial charge in [0.05, 0.1) is 12.7 Å². The zero-order valence-electron chi connectivity index (χ0n) is 10.6. The molecular formula is C13H18BNO3. The third-order valence-corrected chi connectivity index (χ3v) is 3.53. The van der Waals surface area contributed by atoms with Crippen molar-refractivity contribution in [3.8, 4) is 5.75 Å². The second-order valence-electron chi connectivity index (χ2n) is 4.71. The van der Waals surface area contributed by atoms with E-state index in [0.29, 0.717) is 19.8 Å². The van der Waals surface area contributed by atoms with Crippen molar-refractivity contribution in [2.45, 2.75) is 25.9 Å². The molecule has 18 heavy (non-hydrogen) atoms. The number of benzene rings is 1. The smallest absolute Gasteiger partial charge is 0.492 e. The average molecular weight is 247 g/mol. The summed E-state index contributed by atoms with van der Waals surface area (Å²) in [6.07, 6.45) is 2.08. The van der Waals surface area contributed by atoms with Gasteiger partial charge in [0.15, 0.2) is 0 Å². The molecule has 2 aliphatic heterocycles. The van der Waals surface area contributed by atoms with E-state index in [-0.39, 0.29) is 13.2 Å². The van der Waals surface area contributed by atoms with E-state index in [2.05, 4.69) is 13.0 Å². The van der Waals surface area contributed by atoms with Crippen molar-refractivity contribution in [1.82, 2.24) is 0 Å². The van der Waals surface area contributed by atoms with Crippen molar-refractivity contribution in [3.63, 3.8) is 0 Å². The Kier molecular flexibility index (Phi) is 3.28. The van der Waals surface area contributed by atoms with Crippen LogP contribution >= 0.6 is 0 Å². The van der Waals surface area contributed by atoms with Crippen LogP contribution in [0.2, 0.25) is 0 Å². The molecule has 0 radical (unpaired) electrons. The Bertz CT molecular complexity index is 452. The molecule has 2 aliphatic rings. The van der Waals surface area contributed by atoms with Crippen LogP contribution in [0.5, 0.6) is 5.75 Å². The van der Waals surface area contributed by atoms with Crippen molar-refractivity contribution in [1.29, 1.82) is 0 Å². The van der Waals surface area contributed by atoms with E-state index < -0.39 is 0 Å². The largest absolute Gasteiger partial charge is 0.498 e. The molecule has 0 unspecified atom stereocenters. The molecule has 3 rings (SSSR count). The molecular weight excluding hydrogens is 229 g/mol. The molecule has 1 atom stereocenters. The maximum Gasteiger partial charge on any atom is 0.498 e. The van der Waals surface area contributed by atoms with Gasteiger partial charge in [0.25, 0.3) is 0 Å². The van der Waals surface area contributed by atoms with E-state index in [9.17, 15) is 0 Å². The van der Waals surface area contributed by atoms with Crippen LogP contribution in [0.3, 0.4) is 0 Å². The Balaban J connectivity index is 2.12. The molecule has 1 aromatic rings. The lowest BCUT2D eigenvalue weighted by Crippen LogP contribution is -2.32. The first-order valence-corrected chi connectivity index (χ1v) is 6.60. The van der Waals surface area contributed by atoms with Gasteiger partial charge in [-0.2, -0.15) is 0 Å². The van der Waals surface area contributed by atoms with Gasteiger partial charge < -0.3 is 19.8 Å². The van der Waals surface area contributed by atoms with Gasteiger partial charge in [-0.25, -0.2) is 0 Å². The van der Waals surface area contributed by atoms with Gasteiger partial charge in [0.1, 0.15) is 12.4 Å². The van der Waals surface area contributed by atoms with E-state index in [1.807, 2.05) is 6.07 Å². The van der Waals surface area contributed by atoms with Gasteiger partial charge in [-0.15, -0.1) is 0 Å². The van der Waals surface area contributed by atoms with Crippen LogP contribution in [0.25, 0.3) is 0 Å². The lowest BCUT2D eigenvalue weighted by atomic mass is 9.76. The predicted octanol–water partition coefficient (Wildman–Crippen LogP) is 0.773. The monoisotopic (exact) mass is 247 g/mol. The van der Waals surface area contributed by atoms with Crippen molar-refractivity contribution < 1.29 is 14.0 Å². The van der Waals surface area contributed by atoms with Crippen LogP contribution in [0.1, 0.15) is 30.6 Å². The van der Waals surface area contributed by atoms with E-state index in [1.165, 1.54) is 11.1 Å². The highest BCUT2D eigenvalue weighted by molar-refractivity contribution is 6.64.